The fourth-order valence-electron chi connectivity index (χ4n) is 1.40. The number of anilines is 1. The van der Waals surface area contributed by atoms with E-state index in [2.05, 4.69) is 5.32 Å². The molecule has 110 valence electrons. The highest BCUT2D eigenvalue weighted by Crippen LogP contribution is 2.08. The van der Waals surface area contributed by atoms with Crippen molar-refractivity contribution in [2.45, 2.75) is 32.4 Å². The maximum atomic E-state index is 11.8. The second-order valence-electron chi connectivity index (χ2n) is 5.47. The van der Waals surface area contributed by atoms with Crippen molar-refractivity contribution in [3.05, 3.63) is 29.8 Å². The van der Waals surface area contributed by atoms with Crippen LogP contribution in [0.25, 0.3) is 0 Å². The number of carbonyl (C=O) groups excluding carboxylic acids is 2. The zero-order valence-electron chi connectivity index (χ0n) is 12.0. The summed E-state index contributed by atoms with van der Waals surface area (Å²) in [7, 11) is 0. The van der Waals surface area contributed by atoms with Gasteiger partial charge in [0.1, 0.15) is 11.6 Å². The van der Waals surface area contributed by atoms with Gasteiger partial charge in [0.25, 0.3) is 5.91 Å². The molecule has 0 bridgehead atoms. The average Bonchev–Trinajstić information content (AvgIpc) is 2.34. The molecule has 1 aromatic rings. The van der Waals surface area contributed by atoms with E-state index in [9.17, 15) is 9.59 Å². The minimum absolute atomic E-state index is 0.0120. The van der Waals surface area contributed by atoms with Gasteiger partial charge in [-0.15, -0.1) is 0 Å². The van der Waals surface area contributed by atoms with Gasteiger partial charge in [-0.2, -0.15) is 0 Å². The number of nitrogen functional groups attached to an aromatic ring is 1. The zero-order chi connectivity index (χ0) is 15.3. The maximum Gasteiger partial charge on any atom is 0.325 e. The van der Waals surface area contributed by atoms with Gasteiger partial charge in [0, 0.05) is 17.8 Å². The van der Waals surface area contributed by atoms with E-state index in [0.29, 0.717) is 11.3 Å². The molecule has 0 heterocycles. The molecule has 1 amide bonds. The van der Waals surface area contributed by atoms with Gasteiger partial charge in [-0.1, -0.05) is 0 Å². The molecule has 0 aliphatic carbocycles. The van der Waals surface area contributed by atoms with Gasteiger partial charge >= 0.3 is 5.97 Å². The van der Waals surface area contributed by atoms with Crippen molar-refractivity contribution in [1.82, 2.24) is 5.32 Å². The smallest absolute Gasteiger partial charge is 0.325 e. The third-order valence-corrected chi connectivity index (χ3v) is 2.36. The lowest BCUT2D eigenvalue weighted by Crippen LogP contribution is -2.45. The standard InChI is InChI=1S/C14H21N3O3/c1-14(2,3)20-13(19)11(16)8-17-12(18)9-4-6-10(15)7-5-9/h4-7,11H,8,15-16H2,1-3H3,(H,17,18). The van der Waals surface area contributed by atoms with Crippen molar-refractivity contribution in [3.8, 4) is 0 Å². The van der Waals surface area contributed by atoms with E-state index >= 15 is 0 Å². The number of amides is 1. The fraction of sp³-hybridized carbons (Fsp3) is 0.429. The number of nitrogens with two attached hydrogens (primary N) is 2. The Hall–Kier alpha value is -2.08. The first-order valence-electron chi connectivity index (χ1n) is 6.31. The second-order valence-corrected chi connectivity index (χ2v) is 5.47. The number of esters is 1. The molecule has 0 saturated carbocycles. The number of hydrogen-bond acceptors (Lipinski definition) is 5. The molecule has 0 radical (unpaired) electrons. The van der Waals surface area contributed by atoms with E-state index < -0.39 is 17.6 Å². The van der Waals surface area contributed by atoms with Gasteiger partial charge in [0.05, 0.1) is 0 Å². The quantitative estimate of drug-likeness (QED) is 0.554. The van der Waals surface area contributed by atoms with Gasteiger partial charge in [-0.05, 0) is 45.0 Å². The summed E-state index contributed by atoms with van der Waals surface area (Å²) in [5.41, 5.74) is 11.6. The van der Waals surface area contributed by atoms with Crippen molar-refractivity contribution in [3.63, 3.8) is 0 Å². The molecular weight excluding hydrogens is 258 g/mol. The first kappa shape index (κ1) is 16.0. The van der Waals surface area contributed by atoms with E-state index in [1.165, 1.54) is 0 Å². The Kier molecular flexibility index (Phi) is 5.10. The molecule has 20 heavy (non-hydrogen) atoms. The molecule has 0 aromatic heterocycles. The van der Waals surface area contributed by atoms with E-state index in [-0.39, 0.29) is 12.5 Å². The molecule has 1 atom stereocenters. The monoisotopic (exact) mass is 279 g/mol. The van der Waals surface area contributed by atoms with Crippen LogP contribution in [0, 0.1) is 0 Å². The summed E-state index contributed by atoms with van der Waals surface area (Å²) in [5, 5.41) is 2.58. The predicted octanol–water partition coefficient (Wildman–Crippen LogP) is 0.668. The van der Waals surface area contributed by atoms with Crippen molar-refractivity contribution >= 4 is 17.6 Å². The molecule has 0 aliphatic rings. The Morgan fingerprint density at radius 3 is 2.30 bits per heavy atom. The number of rotatable bonds is 4. The largest absolute Gasteiger partial charge is 0.459 e. The van der Waals surface area contributed by atoms with E-state index in [0.717, 1.165) is 0 Å². The van der Waals surface area contributed by atoms with Crippen LogP contribution in [0.1, 0.15) is 31.1 Å². The maximum absolute atomic E-state index is 11.8. The minimum atomic E-state index is -0.896. The van der Waals surface area contributed by atoms with Gasteiger partial charge in [-0.25, -0.2) is 0 Å². The van der Waals surface area contributed by atoms with Crippen LogP contribution in [0.3, 0.4) is 0 Å². The van der Waals surface area contributed by atoms with Gasteiger partial charge in [0.15, 0.2) is 0 Å². The summed E-state index contributed by atoms with van der Waals surface area (Å²) < 4.78 is 5.12. The summed E-state index contributed by atoms with van der Waals surface area (Å²) in [5.74, 6) is -0.862. The molecular formula is C14H21N3O3. The van der Waals surface area contributed by atoms with Gasteiger partial charge in [0.2, 0.25) is 0 Å². The van der Waals surface area contributed by atoms with Gasteiger partial charge in [-0.3, -0.25) is 9.59 Å². The van der Waals surface area contributed by atoms with Crippen LogP contribution in [-0.2, 0) is 9.53 Å². The van der Waals surface area contributed by atoms with Crippen LogP contribution in [-0.4, -0.2) is 30.1 Å². The highest BCUT2D eigenvalue weighted by molar-refractivity contribution is 5.94. The Morgan fingerprint density at radius 2 is 1.80 bits per heavy atom. The molecule has 0 spiro atoms. The van der Waals surface area contributed by atoms with E-state index in [4.69, 9.17) is 16.2 Å². The Bertz CT molecular complexity index is 477. The van der Waals surface area contributed by atoms with Crippen LogP contribution in [0.4, 0.5) is 5.69 Å². The number of nitrogens with one attached hydrogen (secondary N) is 1. The fourth-order valence-corrected chi connectivity index (χ4v) is 1.40. The zero-order valence-corrected chi connectivity index (χ0v) is 12.0. The third-order valence-electron chi connectivity index (χ3n) is 2.36. The molecule has 0 saturated heterocycles. The first-order chi connectivity index (χ1) is 9.19. The molecule has 1 unspecified atom stereocenters. The molecule has 1 rings (SSSR count). The van der Waals surface area contributed by atoms with E-state index in [1.54, 1.807) is 45.0 Å². The van der Waals surface area contributed by atoms with Crippen molar-refractivity contribution in [2.24, 2.45) is 5.73 Å². The number of hydrogen-bond donors (Lipinski definition) is 3. The molecule has 1 aromatic carbocycles. The first-order valence-corrected chi connectivity index (χ1v) is 6.31. The summed E-state index contributed by atoms with van der Waals surface area (Å²) in [6.07, 6.45) is 0. The van der Waals surface area contributed by atoms with Crippen LogP contribution >= 0.6 is 0 Å². The summed E-state index contributed by atoms with van der Waals surface area (Å²) in [4.78, 5) is 23.4. The number of ether oxygens (including phenoxy) is 1. The number of carbonyl (C=O) groups is 2. The third kappa shape index (κ3) is 5.27. The molecule has 6 heteroatoms. The summed E-state index contributed by atoms with van der Waals surface area (Å²) in [6, 6.07) is 5.56. The summed E-state index contributed by atoms with van der Waals surface area (Å²) in [6.45, 7) is 5.28. The lowest BCUT2D eigenvalue weighted by Gasteiger charge is -2.22. The summed E-state index contributed by atoms with van der Waals surface area (Å²) >= 11 is 0. The average molecular weight is 279 g/mol. The van der Waals surface area contributed by atoms with Crippen molar-refractivity contribution < 1.29 is 14.3 Å². The minimum Gasteiger partial charge on any atom is -0.459 e. The van der Waals surface area contributed by atoms with E-state index in [1.807, 2.05) is 0 Å². The van der Waals surface area contributed by atoms with Crippen LogP contribution in [0.5, 0.6) is 0 Å². The van der Waals surface area contributed by atoms with Crippen LogP contribution < -0.4 is 16.8 Å². The lowest BCUT2D eigenvalue weighted by molar-refractivity contribution is -0.156. The molecule has 0 fully saturated rings. The number of benzene rings is 1. The van der Waals surface area contributed by atoms with Gasteiger partial charge < -0.3 is 21.5 Å². The molecule has 0 aliphatic heterocycles. The Morgan fingerprint density at radius 1 is 1.25 bits per heavy atom. The highest BCUT2D eigenvalue weighted by Gasteiger charge is 2.22. The molecule has 5 N–H and O–H groups in total. The lowest BCUT2D eigenvalue weighted by atomic mass is 10.2. The highest BCUT2D eigenvalue weighted by atomic mass is 16.6. The van der Waals surface area contributed by atoms with Crippen LogP contribution in [0.2, 0.25) is 0 Å². The predicted molar refractivity (Wildman–Crippen MR) is 77.0 cm³/mol. The Balaban J connectivity index is 2.48. The normalized spacial score (nSPS) is 12.6. The topological polar surface area (TPSA) is 107 Å². The van der Waals surface area contributed by atoms with Crippen molar-refractivity contribution in [1.29, 1.82) is 0 Å². The molecule has 6 nitrogen and oxygen atoms in total. The SMILES string of the molecule is CC(C)(C)OC(=O)C(N)CNC(=O)c1ccc(N)cc1. The Labute approximate surface area is 118 Å². The second kappa shape index (κ2) is 6.38. The van der Waals surface area contributed by atoms with Crippen LogP contribution in [0.15, 0.2) is 24.3 Å². The van der Waals surface area contributed by atoms with Crippen molar-refractivity contribution in [2.75, 3.05) is 12.3 Å².